The fraction of sp³-hybridized carbons (Fsp3) is 0.308. The maximum absolute atomic E-state index is 12.5. The van der Waals surface area contributed by atoms with Crippen LogP contribution in [0.1, 0.15) is 17.5 Å². The molecule has 102 valence electrons. The van der Waals surface area contributed by atoms with Crippen molar-refractivity contribution in [2.75, 3.05) is 7.11 Å². The summed E-state index contributed by atoms with van der Waals surface area (Å²) in [6.45, 7) is 0. The standard InChI is InChI=1S/C13H12F3NO2/c1-19-12(18)5-2-8-7-17-11-6-9(13(14,15)16)3-4-10(8)11/h3-4,6-7,17H,2,5H2,1H3. The highest BCUT2D eigenvalue weighted by Crippen LogP contribution is 2.32. The van der Waals surface area contributed by atoms with Gasteiger partial charge in [-0.3, -0.25) is 4.79 Å². The number of carbonyl (C=O) groups excluding carboxylic acids is 1. The highest BCUT2D eigenvalue weighted by atomic mass is 19.4. The molecule has 3 nitrogen and oxygen atoms in total. The number of methoxy groups -OCH3 is 1. The Balaban J connectivity index is 2.27. The van der Waals surface area contributed by atoms with Crippen molar-refractivity contribution in [3.05, 3.63) is 35.5 Å². The molecule has 1 aromatic heterocycles. The lowest BCUT2D eigenvalue weighted by Crippen LogP contribution is -2.04. The maximum atomic E-state index is 12.5. The van der Waals surface area contributed by atoms with Crippen molar-refractivity contribution in [2.45, 2.75) is 19.0 Å². The molecule has 0 atom stereocenters. The molecule has 19 heavy (non-hydrogen) atoms. The number of nitrogens with one attached hydrogen (secondary N) is 1. The zero-order valence-corrected chi connectivity index (χ0v) is 10.2. The molecule has 0 bridgehead atoms. The molecule has 0 amide bonds. The first-order chi connectivity index (χ1) is 8.91. The van der Waals surface area contributed by atoms with Crippen molar-refractivity contribution < 1.29 is 22.7 Å². The number of halogens is 3. The number of aromatic amines is 1. The highest BCUT2D eigenvalue weighted by Gasteiger charge is 2.30. The van der Waals surface area contributed by atoms with E-state index >= 15 is 0 Å². The lowest BCUT2D eigenvalue weighted by atomic mass is 10.1. The molecule has 0 aliphatic rings. The minimum Gasteiger partial charge on any atom is -0.469 e. The SMILES string of the molecule is COC(=O)CCc1c[nH]c2cc(C(F)(F)F)ccc12. The van der Waals surface area contributed by atoms with Gasteiger partial charge in [0.1, 0.15) is 0 Å². The number of benzene rings is 1. The fourth-order valence-corrected chi connectivity index (χ4v) is 1.91. The number of esters is 1. The first-order valence-corrected chi connectivity index (χ1v) is 5.66. The van der Waals surface area contributed by atoms with Gasteiger partial charge in [0, 0.05) is 23.5 Å². The molecule has 0 radical (unpaired) electrons. The van der Waals surface area contributed by atoms with E-state index in [0.29, 0.717) is 17.3 Å². The van der Waals surface area contributed by atoms with Crippen LogP contribution in [0.15, 0.2) is 24.4 Å². The van der Waals surface area contributed by atoms with Gasteiger partial charge in [0.05, 0.1) is 12.7 Å². The molecule has 0 unspecified atom stereocenters. The van der Waals surface area contributed by atoms with Gasteiger partial charge in [0.15, 0.2) is 0 Å². The molecule has 1 aromatic carbocycles. The summed E-state index contributed by atoms with van der Waals surface area (Å²) in [5.74, 6) is -0.346. The Morgan fingerprint density at radius 2 is 2.11 bits per heavy atom. The van der Waals surface area contributed by atoms with Crippen molar-refractivity contribution in [1.29, 1.82) is 0 Å². The van der Waals surface area contributed by atoms with Gasteiger partial charge in [-0.25, -0.2) is 0 Å². The highest BCUT2D eigenvalue weighted by molar-refractivity contribution is 5.84. The van der Waals surface area contributed by atoms with Gasteiger partial charge >= 0.3 is 12.1 Å². The summed E-state index contributed by atoms with van der Waals surface area (Å²) in [4.78, 5) is 13.8. The average Bonchev–Trinajstić information content (AvgIpc) is 2.77. The average molecular weight is 271 g/mol. The number of hydrogen-bond donors (Lipinski definition) is 1. The van der Waals surface area contributed by atoms with Crippen molar-refractivity contribution in [3.63, 3.8) is 0 Å². The van der Waals surface area contributed by atoms with E-state index in [1.54, 1.807) is 6.20 Å². The number of carbonyl (C=O) groups is 1. The third-order valence-corrected chi connectivity index (χ3v) is 2.92. The van der Waals surface area contributed by atoms with Gasteiger partial charge in [0.25, 0.3) is 0 Å². The second-order valence-corrected chi connectivity index (χ2v) is 4.15. The van der Waals surface area contributed by atoms with E-state index in [-0.39, 0.29) is 12.4 Å². The van der Waals surface area contributed by atoms with Gasteiger partial charge in [-0.05, 0) is 24.1 Å². The number of alkyl halides is 3. The molecule has 0 fully saturated rings. The van der Waals surface area contributed by atoms with Crippen molar-refractivity contribution >= 4 is 16.9 Å². The zero-order chi connectivity index (χ0) is 14.0. The predicted molar refractivity (Wildman–Crippen MR) is 63.6 cm³/mol. The second kappa shape index (κ2) is 4.95. The van der Waals surface area contributed by atoms with Gasteiger partial charge in [-0.1, -0.05) is 6.07 Å². The van der Waals surface area contributed by atoms with E-state index in [1.165, 1.54) is 13.2 Å². The van der Waals surface area contributed by atoms with Gasteiger partial charge < -0.3 is 9.72 Å². The summed E-state index contributed by atoms with van der Waals surface area (Å²) in [6, 6.07) is 3.52. The number of aryl methyl sites for hydroxylation is 1. The smallest absolute Gasteiger partial charge is 0.416 e. The molecule has 1 N–H and O–H groups in total. The van der Waals surface area contributed by atoms with E-state index in [2.05, 4.69) is 9.72 Å². The molecule has 6 heteroatoms. The Kier molecular flexibility index (Phi) is 3.50. The van der Waals surface area contributed by atoms with Crippen LogP contribution >= 0.6 is 0 Å². The Morgan fingerprint density at radius 3 is 2.74 bits per heavy atom. The Labute approximate surface area is 107 Å². The summed E-state index contributed by atoms with van der Waals surface area (Å²) in [6.07, 6.45) is -2.11. The van der Waals surface area contributed by atoms with Crippen LogP contribution in [0.4, 0.5) is 13.2 Å². The number of aromatic nitrogens is 1. The van der Waals surface area contributed by atoms with Crippen molar-refractivity contribution in [1.82, 2.24) is 4.98 Å². The molecule has 0 aliphatic carbocycles. The Bertz CT molecular complexity index is 601. The van der Waals surface area contributed by atoms with Gasteiger partial charge in [-0.15, -0.1) is 0 Å². The van der Waals surface area contributed by atoms with E-state index < -0.39 is 11.7 Å². The van der Waals surface area contributed by atoms with Crippen LogP contribution in [0.5, 0.6) is 0 Å². The topological polar surface area (TPSA) is 42.1 Å². The summed E-state index contributed by atoms with van der Waals surface area (Å²) < 4.78 is 42.2. The van der Waals surface area contributed by atoms with Crippen LogP contribution in [-0.4, -0.2) is 18.1 Å². The maximum Gasteiger partial charge on any atom is 0.416 e. The molecule has 0 saturated heterocycles. The number of hydrogen-bond acceptors (Lipinski definition) is 2. The van der Waals surface area contributed by atoms with Crippen LogP contribution in [0.3, 0.4) is 0 Å². The summed E-state index contributed by atoms with van der Waals surface area (Å²) in [5.41, 5.74) is 0.519. The number of fused-ring (bicyclic) bond motifs is 1. The molecule has 0 saturated carbocycles. The fourth-order valence-electron chi connectivity index (χ4n) is 1.91. The van der Waals surface area contributed by atoms with Crippen LogP contribution in [0.2, 0.25) is 0 Å². The molecule has 0 spiro atoms. The molecule has 0 aliphatic heterocycles. The number of H-pyrrole nitrogens is 1. The molecular formula is C13H12F3NO2. The normalized spacial score (nSPS) is 11.8. The minimum absolute atomic E-state index is 0.199. The molecule has 2 rings (SSSR count). The Hall–Kier alpha value is -1.98. The largest absolute Gasteiger partial charge is 0.469 e. The van der Waals surface area contributed by atoms with Crippen LogP contribution in [0.25, 0.3) is 10.9 Å². The first-order valence-electron chi connectivity index (χ1n) is 5.66. The zero-order valence-electron chi connectivity index (χ0n) is 10.2. The summed E-state index contributed by atoms with van der Waals surface area (Å²) in [5, 5.41) is 0.692. The quantitative estimate of drug-likeness (QED) is 0.870. The van der Waals surface area contributed by atoms with Crippen LogP contribution in [0, 0.1) is 0 Å². The monoisotopic (exact) mass is 271 g/mol. The number of ether oxygens (including phenoxy) is 1. The predicted octanol–water partition coefficient (Wildman–Crippen LogP) is 3.29. The van der Waals surface area contributed by atoms with Crippen molar-refractivity contribution in [3.8, 4) is 0 Å². The lowest BCUT2D eigenvalue weighted by Gasteiger charge is -2.06. The lowest BCUT2D eigenvalue weighted by molar-refractivity contribution is -0.140. The minimum atomic E-state index is -4.36. The van der Waals surface area contributed by atoms with E-state index in [4.69, 9.17) is 0 Å². The van der Waals surface area contributed by atoms with E-state index in [1.807, 2.05) is 0 Å². The van der Waals surface area contributed by atoms with Gasteiger partial charge in [0.2, 0.25) is 0 Å². The van der Waals surface area contributed by atoms with Crippen molar-refractivity contribution in [2.24, 2.45) is 0 Å². The molecule has 1 heterocycles. The third-order valence-electron chi connectivity index (χ3n) is 2.92. The van der Waals surface area contributed by atoms with E-state index in [0.717, 1.165) is 17.7 Å². The van der Waals surface area contributed by atoms with Crippen LogP contribution in [-0.2, 0) is 22.1 Å². The first kappa shape index (κ1) is 13.5. The molecule has 2 aromatic rings. The summed E-state index contributed by atoms with van der Waals surface area (Å²) >= 11 is 0. The number of rotatable bonds is 3. The second-order valence-electron chi connectivity index (χ2n) is 4.15. The molecular weight excluding hydrogens is 259 g/mol. The van der Waals surface area contributed by atoms with Gasteiger partial charge in [-0.2, -0.15) is 13.2 Å². The van der Waals surface area contributed by atoms with E-state index in [9.17, 15) is 18.0 Å². The third kappa shape index (κ3) is 2.89. The van der Waals surface area contributed by atoms with Crippen LogP contribution < -0.4 is 0 Å². The Morgan fingerprint density at radius 1 is 1.37 bits per heavy atom. The summed E-state index contributed by atoms with van der Waals surface area (Å²) in [7, 11) is 1.30.